The van der Waals surface area contributed by atoms with Gasteiger partial charge < -0.3 is 14.2 Å². The van der Waals surface area contributed by atoms with Crippen LogP contribution in [0.1, 0.15) is 166 Å². The highest BCUT2D eigenvalue weighted by Crippen LogP contribution is 2.56. The van der Waals surface area contributed by atoms with Crippen LogP contribution in [0.15, 0.2) is 108 Å². The molecule has 3 nitrogen and oxygen atoms in total. The van der Waals surface area contributed by atoms with Gasteiger partial charge in [-0.2, -0.15) is 0 Å². The molecule has 68 heavy (non-hydrogen) atoms. The summed E-state index contributed by atoms with van der Waals surface area (Å²) >= 11 is 0. The Bertz CT molecular complexity index is 3280. The van der Waals surface area contributed by atoms with E-state index in [2.05, 4.69) is 210 Å². The number of fused-ring (bicyclic) bond motifs is 9. The fourth-order valence-corrected chi connectivity index (χ4v) is 13.7. The van der Waals surface area contributed by atoms with Crippen molar-refractivity contribution in [2.45, 2.75) is 168 Å². The third-order valence-electron chi connectivity index (χ3n) is 18.3. The number of nitrogens with zero attached hydrogens (tertiary/aromatic N) is 2. The van der Waals surface area contributed by atoms with Crippen LogP contribution in [0.5, 0.6) is 0 Å². The average Bonchev–Trinajstić information content (AvgIpc) is 3.66. The molecule has 0 spiro atoms. The first-order valence-corrected chi connectivity index (χ1v) is 25.8. The molecule has 0 saturated heterocycles. The Labute approximate surface area is 407 Å². The Morgan fingerprint density at radius 1 is 0.441 bits per heavy atom. The molecule has 3 heterocycles. The minimum Gasteiger partial charge on any atom is -0.468 e. The predicted octanol–water partition coefficient (Wildman–Crippen LogP) is 15.8. The summed E-state index contributed by atoms with van der Waals surface area (Å²) in [5.74, 6) is 0. The van der Waals surface area contributed by atoms with Gasteiger partial charge in [0.15, 0.2) is 0 Å². The molecule has 0 unspecified atom stereocenters. The van der Waals surface area contributed by atoms with E-state index in [1.807, 2.05) is 0 Å². The molecular weight excluding hydrogens is 824 g/mol. The molecule has 4 heteroatoms. The molecule has 0 amide bonds. The van der Waals surface area contributed by atoms with Crippen LogP contribution in [0.25, 0.3) is 22.1 Å². The number of hydrogen-bond donors (Lipinski definition) is 0. The van der Waals surface area contributed by atoms with Crippen molar-refractivity contribution in [2.75, 3.05) is 9.80 Å². The fourth-order valence-electron chi connectivity index (χ4n) is 13.7. The van der Waals surface area contributed by atoms with Crippen molar-refractivity contribution in [3.63, 3.8) is 0 Å². The molecule has 0 radical (unpaired) electrons. The van der Waals surface area contributed by atoms with Crippen molar-refractivity contribution in [3.05, 3.63) is 148 Å². The van der Waals surface area contributed by atoms with Gasteiger partial charge in [0.1, 0.15) is 5.58 Å². The normalized spacial score (nSPS) is 20.5. The molecule has 6 aromatic carbocycles. The van der Waals surface area contributed by atoms with E-state index in [0.29, 0.717) is 0 Å². The second-order valence-electron chi connectivity index (χ2n) is 25.9. The summed E-state index contributed by atoms with van der Waals surface area (Å²) in [6.07, 6.45) is 7.01. The van der Waals surface area contributed by atoms with E-state index >= 15 is 0 Å². The molecule has 346 valence electrons. The Morgan fingerprint density at radius 3 is 1.57 bits per heavy atom. The van der Waals surface area contributed by atoms with Gasteiger partial charge in [-0.15, -0.1) is 0 Å². The Morgan fingerprint density at radius 2 is 0.956 bits per heavy atom. The quantitative estimate of drug-likeness (QED) is 0.165. The van der Waals surface area contributed by atoms with Gasteiger partial charge in [-0.05, 0) is 200 Å². The number of furan rings is 1. The molecule has 7 aromatic rings. The molecule has 3 aliphatic carbocycles. The zero-order valence-electron chi connectivity index (χ0n) is 43.4. The van der Waals surface area contributed by atoms with Gasteiger partial charge in [0.25, 0.3) is 6.71 Å². The van der Waals surface area contributed by atoms with Crippen molar-refractivity contribution in [1.29, 1.82) is 0 Å². The van der Waals surface area contributed by atoms with E-state index in [0.717, 1.165) is 30.5 Å². The highest BCUT2D eigenvalue weighted by molar-refractivity contribution is 7.00. The lowest BCUT2D eigenvalue weighted by Crippen LogP contribution is -2.61. The maximum absolute atomic E-state index is 7.62. The number of anilines is 6. The van der Waals surface area contributed by atoms with E-state index in [1.54, 1.807) is 0 Å². The molecule has 0 saturated carbocycles. The number of aryl methyl sites for hydroxylation is 2. The lowest BCUT2D eigenvalue weighted by molar-refractivity contribution is 0.332. The Balaban J connectivity index is 1.20. The Kier molecular flexibility index (Phi) is 9.06. The van der Waals surface area contributed by atoms with Gasteiger partial charge in [0, 0.05) is 33.7 Å². The predicted molar refractivity (Wildman–Crippen MR) is 291 cm³/mol. The summed E-state index contributed by atoms with van der Waals surface area (Å²) in [4.78, 5) is 5.31. The van der Waals surface area contributed by atoms with Crippen molar-refractivity contribution in [1.82, 2.24) is 0 Å². The van der Waals surface area contributed by atoms with Crippen molar-refractivity contribution >= 4 is 68.4 Å². The summed E-state index contributed by atoms with van der Waals surface area (Å²) in [7, 11) is 0. The van der Waals surface area contributed by atoms with Gasteiger partial charge >= 0.3 is 0 Å². The molecule has 1 aromatic heterocycles. The lowest BCUT2D eigenvalue weighted by atomic mass is 9.35. The van der Waals surface area contributed by atoms with Gasteiger partial charge in [0.2, 0.25) is 0 Å². The van der Waals surface area contributed by atoms with Crippen LogP contribution >= 0.6 is 0 Å². The van der Waals surface area contributed by atoms with E-state index in [4.69, 9.17) is 4.42 Å². The first kappa shape index (κ1) is 43.8. The van der Waals surface area contributed by atoms with E-state index in [9.17, 15) is 0 Å². The van der Waals surface area contributed by atoms with E-state index < -0.39 is 0 Å². The summed E-state index contributed by atoms with van der Waals surface area (Å²) in [5.41, 5.74) is 26.3. The summed E-state index contributed by atoms with van der Waals surface area (Å²) < 4.78 is 7.62. The minimum atomic E-state index is -0.106. The number of benzene rings is 6. The highest BCUT2D eigenvalue weighted by Gasteiger charge is 2.49. The molecule has 0 atom stereocenters. The monoisotopic (exact) mass is 895 g/mol. The number of hydrogen-bond acceptors (Lipinski definition) is 3. The first-order chi connectivity index (χ1) is 32.0. The third kappa shape index (κ3) is 6.23. The fraction of sp³-hybridized carbons (Fsp3) is 0.406. The van der Waals surface area contributed by atoms with Crippen molar-refractivity contribution in [3.8, 4) is 11.1 Å². The van der Waals surface area contributed by atoms with Gasteiger partial charge in [0.05, 0.1) is 17.0 Å². The maximum atomic E-state index is 7.62. The maximum Gasteiger partial charge on any atom is 0.297 e. The zero-order valence-corrected chi connectivity index (χ0v) is 43.4. The second kappa shape index (κ2) is 14.1. The minimum absolute atomic E-state index is 0.0334. The summed E-state index contributed by atoms with van der Waals surface area (Å²) in [6, 6.07) is 41.0. The Hall–Kier alpha value is -5.48. The molecule has 0 fully saturated rings. The van der Waals surface area contributed by atoms with Crippen LogP contribution in [0, 0.1) is 13.8 Å². The van der Waals surface area contributed by atoms with Crippen LogP contribution in [-0.4, -0.2) is 6.71 Å². The summed E-state index contributed by atoms with van der Waals surface area (Å²) in [5, 5.41) is 1.22. The summed E-state index contributed by atoms with van der Waals surface area (Å²) in [6.45, 7) is 33.9. The number of rotatable bonds is 3. The third-order valence-corrected chi connectivity index (χ3v) is 18.3. The van der Waals surface area contributed by atoms with Crippen molar-refractivity contribution in [2.24, 2.45) is 0 Å². The second-order valence-corrected chi connectivity index (χ2v) is 25.9. The molecule has 2 aliphatic heterocycles. The lowest BCUT2D eigenvalue weighted by Gasteiger charge is -2.46. The molecule has 0 N–H and O–H groups in total. The molecule has 0 bridgehead atoms. The van der Waals surface area contributed by atoms with E-state index in [-0.39, 0.29) is 39.2 Å². The van der Waals surface area contributed by atoms with Crippen LogP contribution in [-0.2, 0) is 32.5 Å². The van der Waals surface area contributed by atoms with Gasteiger partial charge in [-0.25, -0.2) is 0 Å². The molecular formula is C64H71BN2O. The topological polar surface area (TPSA) is 19.6 Å². The van der Waals surface area contributed by atoms with Gasteiger partial charge in [-0.1, -0.05) is 132 Å². The average molecular weight is 895 g/mol. The standard InChI is InChI=1S/C64H71BN2O/c1-38-20-23-50-52(30-38)67(51-36-48-46(61(7,8)26-28-63(48,11)12)34-42(51)40-18-16-15-17-19-40)54-32-39(2)31-53-56(54)65(50)58-57(43-35-47-49(37-55(43)68-58)64(13,14)29-27-62(47,9)10)66(53)41-21-22-44-45(33-41)60(5,6)25-24-59(44,3)4/h15-23,30-37H,24-29H2,1-14H3. The van der Waals surface area contributed by atoms with Crippen LogP contribution in [0.4, 0.5) is 34.1 Å². The molecule has 12 rings (SSSR count). The van der Waals surface area contributed by atoms with E-state index in [1.165, 1.54) is 125 Å². The zero-order chi connectivity index (χ0) is 47.8. The molecule has 5 aliphatic rings. The van der Waals surface area contributed by atoms with Crippen molar-refractivity contribution < 1.29 is 4.42 Å². The van der Waals surface area contributed by atoms with Gasteiger partial charge in [-0.3, -0.25) is 0 Å². The van der Waals surface area contributed by atoms with Crippen LogP contribution in [0.2, 0.25) is 0 Å². The SMILES string of the molecule is Cc1ccc2c(c1)N(c1cc3c(cc1-c1ccccc1)C(C)(C)CCC3(C)C)c1cc(C)cc3c1B2c1oc2cc4c(cc2c1N3c1ccc2c(c1)C(C)(C)CCC2(C)C)C(C)(C)CCC4(C)C. The van der Waals surface area contributed by atoms with Crippen LogP contribution < -0.4 is 26.4 Å². The smallest absolute Gasteiger partial charge is 0.297 e. The highest BCUT2D eigenvalue weighted by atomic mass is 16.3. The largest absolute Gasteiger partial charge is 0.468 e. The van der Waals surface area contributed by atoms with Crippen LogP contribution in [0.3, 0.4) is 0 Å². The first-order valence-electron chi connectivity index (χ1n) is 25.8.